The zero-order valence-corrected chi connectivity index (χ0v) is 6.74. The Hall–Kier alpha value is -1.31. The van der Waals surface area contributed by atoms with Crippen molar-refractivity contribution >= 4 is 0 Å². The van der Waals surface area contributed by atoms with Crippen LogP contribution >= 0.6 is 0 Å². The van der Waals surface area contributed by atoms with Gasteiger partial charge in [-0.05, 0) is 12.1 Å². The second-order valence-electron chi connectivity index (χ2n) is 2.09. The molecule has 0 saturated heterocycles. The molecule has 58 valence electrons. The maximum atomic E-state index is 5.10. The van der Waals surface area contributed by atoms with Crippen LogP contribution in [0.5, 0.6) is 5.75 Å². The van der Waals surface area contributed by atoms with Crippen LogP contribution in [0.25, 0.3) is 0 Å². The van der Waals surface area contributed by atoms with Crippen molar-refractivity contribution in [3.8, 4) is 5.75 Å². The molecule has 11 heavy (non-hydrogen) atoms. The highest BCUT2D eigenvalue weighted by Crippen LogP contribution is 1.97. The molecule has 2 nitrogen and oxygen atoms in total. The Morgan fingerprint density at radius 3 is 2.55 bits per heavy atom. The van der Waals surface area contributed by atoms with Crippen molar-refractivity contribution in [3.05, 3.63) is 35.7 Å². The van der Waals surface area contributed by atoms with Crippen LogP contribution in [0.15, 0.2) is 35.3 Å². The van der Waals surface area contributed by atoms with Gasteiger partial charge in [0.25, 0.3) is 0 Å². The first-order chi connectivity index (χ1) is 5.38. The Balaban J connectivity index is 3.36. The fraction of sp³-hybridized carbons (Fsp3) is 0.222. The molecule has 2 heteroatoms. The maximum absolute atomic E-state index is 5.10. The van der Waals surface area contributed by atoms with Crippen molar-refractivity contribution < 1.29 is 4.74 Å². The molecule has 0 fully saturated rings. The summed E-state index contributed by atoms with van der Waals surface area (Å²) in [5, 5.41) is 0.873. The summed E-state index contributed by atoms with van der Waals surface area (Å²) in [4.78, 5) is 4.06. The Morgan fingerprint density at radius 2 is 1.91 bits per heavy atom. The fourth-order valence-corrected chi connectivity index (χ4v) is 0.879. The molecule has 0 aliphatic heterocycles. The Morgan fingerprint density at radius 1 is 1.18 bits per heavy atom. The molecule has 0 amide bonds. The SMILES string of the molecule is CN=c1cccccc1OC. The van der Waals surface area contributed by atoms with Crippen molar-refractivity contribution in [1.29, 1.82) is 0 Å². The predicted octanol–water partition coefficient (Wildman–Crippen LogP) is 1.23. The Bertz CT molecular complexity index is 294. The van der Waals surface area contributed by atoms with Crippen molar-refractivity contribution in [2.75, 3.05) is 14.2 Å². The highest BCUT2D eigenvalue weighted by Gasteiger charge is 1.88. The molecule has 0 aliphatic rings. The van der Waals surface area contributed by atoms with Crippen molar-refractivity contribution in [1.82, 2.24) is 0 Å². The summed E-state index contributed by atoms with van der Waals surface area (Å²) in [5.41, 5.74) is 0. The van der Waals surface area contributed by atoms with Crippen LogP contribution in [0.3, 0.4) is 0 Å². The molecule has 0 aliphatic carbocycles. The molecule has 0 N–H and O–H groups in total. The van der Waals surface area contributed by atoms with Gasteiger partial charge in [-0.1, -0.05) is 18.2 Å². The van der Waals surface area contributed by atoms with E-state index in [0.29, 0.717) is 0 Å². The lowest BCUT2D eigenvalue weighted by Crippen LogP contribution is -2.01. The van der Waals surface area contributed by atoms with Crippen molar-refractivity contribution in [2.45, 2.75) is 0 Å². The molecule has 0 saturated carbocycles. The van der Waals surface area contributed by atoms with E-state index in [-0.39, 0.29) is 0 Å². The lowest BCUT2D eigenvalue weighted by atomic mass is 10.4. The van der Waals surface area contributed by atoms with E-state index in [9.17, 15) is 0 Å². The Labute approximate surface area is 66.2 Å². The zero-order valence-electron chi connectivity index (χ0n) is 6.74. The average molecular weight is 149 g/mol. The van der Waals surface area contributed by atoms with Gasteiger partial charge in [-0.15, -0.1) is 0 Å². The van der Waals surface area contributed by atoms with E-state index in [1.165, 1.54) is 0 Å². The van der Waals surface area contributed by atoms with E-state index in [1.54, 1.807) is 14.2 Å². The highest BCUT2D eigenvalue weighted by atomic mass is 16.5. The second-order valence-corrected chi connectivity index (χ2v) is 2.09. The highest BCUT2D eigenvalue weighted by molar-refractivity contribution is 5.19. The van der Waals surface area contributed by atoms with Crippen LogP contribution in [0.4, 0.5) is 0 Å². The van der Waals surface area contributed by atoms with Crippen LogP contribution in [-0.4, -0.2) is 14.2 Å². The van der Waals surface area contributed by atoms with Crippen LogP contribution in [0.1, 0.15) is 0 Å². The molecule has 0 aromatic heterocycles. The van der Waals surface area contributed by atoms with Gasteiger partial charge in [0, 0.05) is 7.05 Å². The maximum Gasteiger partial charge on any atom is 0.143 e. The number of ether oxygens (including phenoxy) is 1. The van der Waals surface area contributed by atoms with E-state index >= 15 is 0 Å². The van der Waals surface area contributed by atoms with E-state index < -0.39 is 0 Å². The third-order valence-electron chi connectivity index (χ3n) is 1.44. The van der Waals surface area contributed by atoms with Gasteiger partial charge >= 0.3 is 0 Å². The van der Waals surface area contributed by atoms with Crippen LogP contribution in [0.2, 0.25) is 0 Å². The normalized spacial score (nSPS) is 11.3. The number of methoxy groups -OCH3 is 1. The van der Waals surface area contributed by atoms with Gasteiger partial charge in [-0.2, -0.15) is 0 Å². The van der Waals surface area contributed by atoms with Gasteiger partial charge in [0.15, 0.2) is 0 Å². The zero-order chi connectivity index (χ0) is 8.10. The molecular weight excluding hydrogens is 138 g/mol. The molecule has 0 unspecified atom stereocenters. The van der Waals surface area contributed by atoms with Crippen LogP contribution in [-0.2, 0) is 0 Å². The topological polar surface area (TPSA) is 21.6 Å². The third kappa shape index (κ3) is 1.80. The largest absolute Gasteiger partial charge is 0.495 e. The molecular formula is C9H11NO. The average Bonchev–Trinajstić information content (AvgIpc) is 2.27. The standard InChI is InChI=1S/C9H11NO/c1-10-8-6-4-3-5-7-9(8)11-2/h3-7H,1-2H3. The number of nitrogens with zero attached hydrogens (tertiary/aromatic N) is 1. The van der Waals surface area contributed by atoms with Crippen LogP contribution in [0, 0.1) is 0 Å². The molecule has 1 aromatic carbocycles. The smallest absolute Gasteiger partial charge is 0.143 e. The molecule has 0 heterocycles. The van der Waals surface area contributed by atoms with Crippen LogP contribution < -0.4 is 10.1 Å². The Kier molecular flexibility index (Phi) is 2.66. The predicted molar refractivity (Wildman–Crippen MR) is 44.5 cm³/mol. The van der Waals surface area contributed by atoms with E-state index in [1.807, 2.05) is 30.3 Å². The van der Waals surface area contributed by atoms with Crippen molar-refractivity contribution in [3.63, 3.8) is 0 Å². The minimum atomic E-state index is 0.803. The van der Waals surface area contributed by atoms with E-state index in [2.05, 4.69) is 4.99 Å². The minimum Gasteiger partial charge on any atom is -0.495 e. The lowest BCUT2D eigenvalue weighted by molar-refractivity contribution is 0.410. The molecule has 0 bridgehead atoms. The lowest BCUT2D eigenvalue weighted by Gasteiger charge is -1.93. The number of hydrogen-bond acceptors (Lipinski definition) is 2. The van der Waals surface area contributed by atoms with Gasteiger partial charge in [0.2, 0.25) is 0 Å². The summed E-state index contributed by atoms with van der Waals surface area (Å²) in [5.74, 6) is 0.803. The van der Waals surface area contributed by atoms with Gasteiger partial charge in [0.05, 0.1) is 12.5 Å². The van der Waals surface area contributed by atoms with Crippen molar-refractivity contribution in [2.24, 2.45) is 4.99 Å². The summed E-state index contributed by atoms with van der Waals surface area (Å²) in [6.45, 7) is 0. The summed E-state index contributed by atoms with van der Waals surface area (Å²) in [7, 11) is 3.39. The first kappa shape index (κ1) is 7.79. The summed E-state index contributed by atoms with van der Waals surface area (Å²) >= 11 is 0. The molecule has 0 spiro atoms. The summed E-state index contributed by atoms with van der Waals surface area (Å²) in [6.07, 6.45) is 0. The van der Waals surface area contributed by atoms with Gasteiger partial charge in [0.1, 0.15) is 5.75 Å². The first-order valence-electron chi connectivity index (χ1n) is 3.44. The second kappa shape index (κ2) is 3.76. The van der Waals surface area contributed by atoms with E-state index in [4.69, 9.17) is 4.74 Å². The monoisotopic (exact) mass is 149 g/mol. The molecule has 1 aromatic rings. The van der Waals surface area contributed by atoms with Gasteiger partial charge in [-0.25, -0.2) is 0 Å². The fourth-order valence-electron chi connectivity index (χ4n) is 0.879. The molecule has 0 atom stereocenters. The van der Waals surface area contributed by atoms with Gasteiger partial charge in [-0.3, -0.25) is 4.99 Å². The van der Waals surface area contributed by atoms with Gasteiger partial charge < -0.3 is 4.74 Å². The molecule has 1 rings (SSSR count). The first-order valence-corrected chi connectivity index (χ1v) is 3.44. The summed E-state index contributed by atoms with van der Waals surface area (Å²) < 4.78 is 5.10. The third-order valence-corrected chi connectivity index (χ3v) is 1.44. The van der Waals surface area contributed by atoms with E-state index in [0.717, 1.165) is 11.1 Å². The molecule has 0 radical (unpaired) electrons. The number of hydrogen-bond donors (Lipinski definition) is 0. The number of rotatable bonds is 1. The summed E-state index contributed by atoms with van der Waals surface area (Å²) in [6, 6.07) is 9.61. The quantitative estimate of drug-likeness (QED) is 0.588. The minimum absolute atomic E-state index is 0.803.